The Hall–Kier alpha value is -1.84. The summed E-state index contributed by atoms with van der Waals surface area (Å²) in [6.45, 7) is 1.35. The number of amides is 1. The first-order valence-corrected chi connectivity index (χ1v) is 5.64. The number of nitrogens with one attached hydrogen (secondary N) is 1. The lowest BCUT2D eigenvalue weighted by Crippen LogP contribution is -2.45. The van der Waals surface area contributed by atoms with E-state index in [-0.39, 0.29) is 11.8 Å². The number of hydrogen-bond acceptors (Lipinski definition) is 2. The first kappa shape index (κ1) is 11.6. The summed E-state index contributed by atoms with van der Waals surface area (Å²) in [5.74, 6) is -1.31. The number of carboxylic acid groups (broad SMARTS) is 1. The molecule has 0 fully saturated rings. The van der Waals surface area contributed by atoms with Gasteiger partial charge in [0.2, 0.25) is 5.91 Å². The summed E-state index contributed by atoms with van der Waals surface area (Å²) in [7, 11) is 0. The van der Waals surface area contributed by atoms with Crippen LogP contribution < -0.4 is 5.32 Å². The van der Waals surface area contributed by atoms with E-state index in [1.54, 1.807) is 0 Å². The zero-order chi connectivity index (χ0) is 12.4. The van der Waals surface area contributed by atoms with Gasteiger partial charge in [-0.15, -0.1) is 0 Å². The van der Waals surface area contributed by atoms with E-state index in [2.05, 4.69) is 5.32 Å². The van der Waals surface area contributed by atoms with Gasteiger partial charge in [-0.3, -0.25) is 4.79 Å². The molecule has 0 saturated heterocycles. The largest absolute Gasteiger partial charge is 0.480 e. The number of carboxylic acids is 1. The molecule has 0 bridgehead atoms. The Kier molecular flexibility index (Phi) is 3.13. The third-order valence-electron chi connectivity index (χ3n) is 3.18. The van der Waals surface area contributed by atoms with Crippen LogP contribution >= 0.6 is 0 Å². The Balaban J connectivity index is 2.14. The van der Waals surface area contributed by atoms with Gasteiger partial charge in [0, 0.05) is 6.92 Å². The molecule has 1 aromatic carbocycles. The Morgan fingerprint density at radius 1 is 1.29 bits per heavy atom. The maximum absolute atomic E-state index is 11.2. The van der Waals surface area contributed by atoms with Crippen LogP contribution in [0.2, 0.25) is 0 Å². The molecule has 1 aliphatic carbocycles. The highest BCUT2D eigenvalue weighted by Crippen LogP contribution is 2.28. The van der Waals surface area contributed by atoms with Crippen LogP contribution in [-0.4, -0.2) is 23.0 Å². The molecule has 17 heavy (non-hydrogen) atoms. The van der Waals surface area contributed by atoms with Crippen molar-refractivity contribution in [3.63, 3.8) is 0 Å². The number of carbonyl (C=O) groups is 2. The Morgan fingerprint density at radius 2 is 1.82 bits per heavy atom. The van der Waals surface area contributed by atoms with Crippen molar-refractivity contribution in [2.24, 2.45) is 5.92 Å². The third-order valence-corrected chi connectivity index (χ3v) is 3.18. The number of hydrogen-bond donors (Lipinski definition) is 2. The highest BCUT2D eigenvalue weighted by atomic mass is 16.4. The quantitative estimate of drug-likeness (QED) is 0.818. The van der Waals surface area contributed by atoms with Gasteiger partial charge in [-0.25, -0.2) is 4.79 Å². The van der Waals surface area contributed by atoms with Gasteiger partial charge in [-0.2, -0.15) is 0 Å². The molecule has 0 radical (unpaired) electrons. The van der Waals surface area contributed by atoms with E-state index in [1.165, 1.54) is 18.1 Å². The molecule has 0 spiro atoms. The molecule has 0 unspecified atom stereocenters. The topological polar surface area (TPSA) is 66.4 Å². The normalized spacial score (nSPS) is 16.3. The second-order valence-electron chi connectivity index (χ2n) is 4.45. The summed E-state index contributed by atoms with van der Waals surface area (Å²) in [4.78, 5) is 22.2. The smallest absolute Gasteiger partial charge is 0.326 e. The monoisotopic (exact) mass is 233 g/mol. The molecule has 2 N–H and O–H groups in total. The minimum Gasteiger partial charge on any atom is -0.480 e. The molecule has 0 aliphatic heterocycles. The minimum atomic E-state index is -0.960. The van der Waals surface area contributed by atoms with E-state index < -0.39 is 12.0 Å². The highest BCUT2D eigenvalue weighted by molar-refractivity contribution is 5.82. The fourth-order valence-corrected chi connectivity index (χ4v) is 2.43. The van der Waals surface area contributed by atoms with Crippen molar-refractivity contribution in [2.75, 3.05) is 0 Å². The molecule has 2 rings (SSSR count). The predicted octanol–water partition coefficient (Wildman–Crippen LogP) is 0.991. The number of fused-ring (bicyclic) bond motifs is 1. The van der Waals surface area contributed by atoms with Crippen LogP contribution in [0.4, 0.5) is 0 Å². The van der Waals surface area contributed by atoms with E-state index in [1.807, 2.05) is 24.3 Å². The van der Waals surface area contributed by atoms with Crippen molar-refractivity contribution in [3.05, 3.63) is 35.4 Å². The highest BCUT2D eigenvalue weighted by Gasteiger charge is 2.33. The van der Waals surface area contributed by atoms with Crippen LogP contribution in [-0.2, 0) is 22.4 Å². The fraction of sp³-hybridized carbons (Fsp3) is 0.385. The lowest BCUT2D eigenvalue weighted by molar-refractivity contribution is -0.143. The Labute approximate surface area is 99.6 Å². The molecule has 90 valence electrons. The number of aliphatic carboxylic acids is 1. The lowest BCUT2D eigenvalue weighted by Gasteiger charge is -2.19. The number of carbonyl (C=O) groups excluding carboxylic acids is 1. The van der Waals surface area contributed by atoms with Gasteiger partial charge in [0.1, 0.15) is 6.04 Å². The lowest BCUT2D eigenvalue weighted by atomic mass is 9.96. The van der Waals surface area contributed by atoms with Gasteiger partial charge in [-0.05, 0) is 29.9 Å². The van der Waals surface area contributed by atoms with Gasteiger partial charge in [0.05, 0.1) is 0 Å². The standard InChI is InChI=1S/C13H15NO3/c1-8(15)14-12(13(16)17)11-6-9-4-2-3-5-10(9)7-11/h2-5,11-12H,6-7H2,1H3,(H,14,15)(H,16,17)/t12-/m0/s1. The summed E-state index contributed by atoms with van der Waals surface area (Å²) in [5, 5.41) is 11.7. The van der Waals surface area contributed by atoms with Crippen LogP contribution in [0.15, 0.2) is 24.3 Å². The Morgan fingerprint density at radius 3 is 2.24 bits per heavy atom. The van der Waals surface area contributed by atoms with E-state index >= 15 is 0 Å². The average Bonchev–Trinajstić information content (AvgIpc) is 2.68. The Bertz CT molecular complexity index is 431. The fourth-order valence-electron chi connectivity index (χ4n) is 2.43. The van der Waals surface area contributed by atoms with Gasteiger partial charge < -0.3 is 10.4 Å². The van der Waals surface area contributed by atoms with Crippen LogP contribution in [0, 0.1) is 5.92 Å². The van der Waals surface area contributed by atoms with Crippen molar-refractivity contribution in [1.29, 1.82) is 0 Å². The zero-order valence-corrected chi connectivity index (χ0v) is 9.64. The first-order chi connectivity index (χ1) is 8.08. The van der Waals surface area contributed by atoms with Crippen LogP contribution in [0.3, 0.4) is 0 Å². The molecular formula is C13H15NO3. The van der Waals surface area contributed by atoms with E-state index in [4.69, 9.17) is 5.11 Å². The van der Waals surface area contributed by atoms with Gasteiger partial charge in [0.25, 0.3) is 0 Å². The van der Waals surface area contributed by atoms with Crippen LogP contribution in [0.25, 0.3) is 0 Å². The number of rotatable bonds is 3. The zero-order valence-electron chi connectivity index (χ0n) is 9.64. The van der Waals surface area contributed by atoms with Gasteiger partial charge in [-0.1, -0.05) is 24.3 Å². The van der Waals surface area contributed by atoms with Crippen LogP contribution in [0.1, 0.15) is 18.1 Å². The molecule has 4 heteroatoms. The van der Waals surface area contributed by atoms with Crippen molar-refractivity contribution in [2.45, 2.75) is 25.8 Å². The van der Waals surface area contributed by atoms with E-state index in [0.29, 0.717) is 12.8 Å². The summed E-state index contributed by atoms with van der Waals surface area (Å²) in [6.07, 6.45) is 1.43. The first-order valence-electron chi connectivity index (χ1n) is 5.64. The summed E-state index contributed by atoms with van der Waals surface area (Å²) in [6, 6.07) is 7.15. The SMILES string of the molecule is CC(=O)N[C@H](C(=O)O)C1Cc2ccccc2C1. The summed E-state index contributed by atoms with van der Waals surface area (Å²) >= 11 is 0. The minimum absolute atomic E-state index is 0.0474. The average molecular weight is 233 g/mol. The molecule has 0 heterocycles. The summed E-state index contributed by atoms with van der Waals surface area (Å²) in [5.41, 5.74) is 2.38. The third kappa shape index (κ3) is 2.46. The van der Waals surface area contributed by atoms with Crippen molar-refractivity contribution in [3.8, 4) is 0 Å². The second-order valence-corrected chi connectivity index (χ2v) is 4.45. The molecule has 1 aromatic rings. The van der Waals surface area contributed by atoms with Crippen molar-refractivity contribution in [1.82, 2.24) is 5.32 Å². The molecular weight excluding hydrogens is 218 g/mol. The molecule has 4 nitrogen and oxygen atoms in total. The second kappa shape index (κ2) is 4.57. The van der Waals surface area contributed by atoms with Gasteiger partial charge in [0.15, 0.2) is 0 Å². The van der Waals surface area contributed by atoms with Crippen LogP contribution in [0.5, 0.6) is 0 Å². The molecule has 1 atom stereocenters. The molecule has 0 aromatic heterocycles. The molecule has 1 aliphatic rings. The van der Waals surface area contributed by atoms with Crippen molar-refractivity contribution >= 4 is 11.9 Å². The molecule has 1 amide bonds. The van der Waals surface area contributed by atoms with E-state index in [0.717, 1.165) is 0 Å². The van der Waals surface area contributed by atoms with E-state index in [9.17, 15) is 9.59 Å². The van der Waals surface area contributed by atoms with Crippen molar-refractivity contribution < 1.29 is 14.7 Å². The summed E-state index contributed by atoms with van der Waals surface area (Å²) < 4.78 is 0. The predicted molar refractivity (Wildman–Crippen MR) is 62.6 cm³/mol. The maximum Gasteiger partial charge on any atom is 0.326 e. The number of benzene rings is 1. The molecule has 0 saturated carbocycles. The maximum atomic E-state index is 11.2. The van der Waals surface area contributed by atoms with Gasteiger partial charge >= 0.3 is 5.97 Å².